The second kappa shape index (κ2) is 12.7. The van der Waals surface area contributed by atoms with E-state index < -0.39 is 23.7 Å². The molecule has 3 rings (SSSR count). The van der Waals surface area contributed by atoms with Crippen molar-refractivity contribution in [2.45, 2.75) is 33.1 Å². The van der Waals surface area contributed by atoms with Crippen LogP contribution in [0.25, 0.3) is 0 Å². The molecule has 1 heterocycles. The largest absolute Gasteiger partial charge is 0.492 e. The van der Waals surface area contributed by atoms with Crippen LogP contribution in [-0.2, 0) is 25.5 Å². The molecule has 2 aromatic carbocycles. The second-order valence-electron chi connectivity index (χ2n) is 8.24. The van der Waals surface area contributed by atoms with Crippen molar-refractivity contribution in [3.63, 3.8) is 0 Å². The number of methoxy groups -OCH3 is 1. The predicted molar refractivity (Wildman–Crippen MR) is 143 cm³/mol. The molecule has 37 heavy (non-hydrogen) atoms. The van der Waals surface area contributed by atoms with Crippen LogP contribution in [0.4, 0.5) is 5.69 Å². The van der Waals surface area contributed by atoms with Gasteiger partial charge in [0, 0.05) is 11.6 Å². The molecule has 194 valence electrons. The first kappa shape index (κ1) is 28.1. The van der Waals surface area contributed by atoms with Crippen LogP contribution in [0, 0.1) is 24.2 Å². The van der Waals surface area contributed by atoms with E-state index in [1.165, 1.54) is 7.11 Å². The molecule has 0 bridgehead atoms. The average molecular weight is 542 g/mol. The molecule has 0 unspecified atom stereocenters. The van der Waals surface area contributed by atoms with Crippen LogP contribution >= 0.6 is 23.4 Å². The van der Waals surface area contributed by atoms with Gasteiger partial charge in [-0.25, -0.2) is 0 Å². The molecule has 0 spiro atoms. The van der Waals surface area contributed by atoms with E-state index in [0.717, 1.165) is 35.0 Å². The van der Waals surface area contributed by atoms with Crippen LogP contribution in [0.3, 0.4) is 0 Å². The maximum Gasteiger partial charge on any atom is 0.319 e. The summed E-state index contributed by atoms with van der Waals surface area (Å²) in [6.07, 6.45) is 0.755. The third kappa shape index (κ3) is 6.27. The Hall–Kier alpha value is -3.48. The van der Waals surface area contributed by atoms with E-state index in [9.17, 15) is 19.6 Å². The highest BCUT2D eigenvalue weighted by atomic mass is 35.5. The van der Waals surface area contributed by atoms with Crippen LogP contribution in [0.2, 0.25) is 5.02 Å². The number of halogens is 1. The number of thioether (sulfide) groups is 1. The number of nitriles is 1. The lowest BCUT2D eigenvalue weighted by Gasteiger charge is -2.31. The number of esters is 1. The highest BCUT2D eigenvalue weighted by Crippen LogP contribution is 2.42. The number of carbonyl (C=O) groups excluding carboxylic acids is 3. The van der Waals surface area contributed by atoms with Gasteiger partial charge in [0.2, 0.25) is 11.8 Å². The SMILES string of the molecule is CCOc1ccc([C@H]2C(C#N)=C(SCC(=O)Nc3c(C)cccc3CC)NC(=O)[C@@H]2C(=O)OC)cc1Cl. The molecule has 0 aromatic heterocycles. The monoisotopic (exact) mass is 541 g/mol. The van der Waals surface area contributed by atoms with Gasteiger partial charge in [-0.2, -0.15) is 5.26 Å². The van der Waals surface area contributed by atoms with Crippen molar-refractivity contribution in [1.29, 1.82) is 5.26 Å². The van der Waals surface area contributed by atoms with Gasteiger partial charge < -0.3 is 20.1 Å². The van der Waals surface area contributed by atoms with Crippen LogP contribution in [0.1, 0.15) is 36.5 Å². The number of benzene rings is 2. The van der Waals surface area contributed by atoms with Crippen molar-refractivity contribution in [3.8, 4) is 11.8 Å². The molecular formula is C27H28ClN3O5S. The van der Waals surface area contributed by atoms with E-state index in [0.29, 0.717) is 17.9 Å². The van der Waals surface area contributed by atoms with E-state index in [2.05, 4.69) is 16.7 Å². The van der Waals surface area contributed by atoms with Gasteiger partial charge in [-0.15, -0.1) is 0 Å². The standard InChI is InChI=1S/C27H28ClN3O5S/c1-5-16-9-7-8-15(3)24(16)30-21(32)14-37-26-18(13-29)22(23(25(33)31-26)27(34)35-4)17-10-11-20(36-6-2)19(28)12-17/h7-12,22-23H,5-6,14H2,1-4H3,(H,30,32)(H,31,33)/t22-,23+/m0/s1. The Bertz CT molecular complexity index is 1290. The normalized spacial score (nSPS) is 17.0. The summed E-state index contributed by atoms with van der Waals surface area (Å²) in [6.45, 7) is 6.15. The molecule has 0 fully saturated rings. The molecule has 8 nitrogen and oxygen atoms in total. The average Bonchev–Trinajstić information content (AvgIpc) is 2.89. The van der Waals surface area contributed by atoms with Crippen molar-refractivity contribution in [2.24, 2.45) is 5.92 Å². The molecule has 2 amide bonds. The number of aryl methyl sites for hydroxylation is 2. The van der Waals surface area contributed by atoms with E-state index in [-0.39, 0.29) is 27.3 Å². The van der Waals surface area contributed by atoms with Gasteiger partial charge in [0.15, 0.2) is 0 Å². The summed E-state index contributed by atoms with van der Waals surface area (Å²) in [4.78, 5) is 38.5. The van der Waals surface area contributed by atoms with Crippen molar-refractivity contribution < 1.29 is 23.9 Å². The lowest BCUT2D eigenvalue weighted by atomic mass is 9.78. The fourth-order valence-corrected chi connectivity index (χ4v) is 5.27. The summed E-state index contributed by atoms with van der Waals surface area (Å²) < 4.78 is 10.3. The Balaban J connectivity index is 1.94. The number of carbonyl (C=O) groups is 3. The van der Waals surface area contributed by atoms with Crippen molar-refractivity contribution in [2.75, 3.05) is 24.8 Å². The maximum absolute atomic E-state index is 13.0. The highest BCUT2D eigenvalue weighted by molar-refractivity contribution is 8.03. The number of rotatable bonds is 9. The van der Waals surface area contributed by atoms with Gasteiger partial charge in [-0.3, -0.25) is 14.4 Å². The first-order valence-corrected chi connectivity index (χ1v) is 13.1. The Morgan fingerprint density at radius 3 is 2.62 bits per heavy atom. The fraction of sp³-hybridized carbons (Fsp3) is 0.333. The highest BCUT2D eigenvalue weighted by Gasteiger charge is 2.44. The Morgan fingerprint density at radius 2 is 2.00 bits per heavy atom. The maximum atomic E-state index is 13.0. The predicted octanol–water partition coefficient (Wildman–Crippen LogP) is 4.72. The number of amides is 2. The molecule has 0 radical (unpaired) electrons. The van der Waals surface area contributed by atoms with Crippen molar-refractivity contribution >= 4 is 46.8 Å². The molecule has 1 aliphatic rings. The van der Waals surface area contributed by atoms with Gasteiger partial charge in [0.1, 0.15) is 11.7 Å². The van der Waals surface area contributed by atoms with Gasteiger partial charge in [-0.05, 0) is 49.1 Å². The zero-order valence-electron chi connectivity index (χ0n) is 21.0. The number of ether oxygens (including phenoxy) is 2. The summed E-state index contributed by atoms with van der Waals surface area (Å²) in [7, 11) is 1.18. The lowest BCUT2D eigenvalue weighted by Crippen LogP contribution is -2.44. The van der Waals surface area contributed by atoms with E-state index in [1.54, 1.807) is 18.2 Å². The molecule has 0 aliphatic carbocycles. The number of allylic oxidation sites excluding steroid dienone is 1. The fourth-order valence-electron chi connectivity index (χ4n) is 4.18. The summed E-state index contributed by atoms with van der Waals surface area (Å²) >= 11 is 7.39. The Labute approximate surface area is 225 Å². The minimum atomic E-state index is -1.30. The van der Waals surface area contributed by atoms with Crippen LogP contribution in [0.5, 0.6) is 5.75 Å². The zero-order valence-corrected chi connectivity index (χ0v) is 22.6. The molecule has 2 N–H and O–H groups in total. The summed E-state index contributed by atoms with van der Waals surface area (Å²) in [5, 5.41) is 16.1. The third-order valence-electron chi connectivity index (χ3n) is 5.95. The third-order valence-corrected chi connectivity index (χ3v) is 7.26. The smallest absolute Gasteiger partial charge is 0.319 e. The molecule has 2 aromatic rings. The first-order valence-electron chi connectivity index (χ1n) is 11.7. The number of hydrogen-bond donors (Lipinski definition) is 2. The molecule has 10 heteroatoms. The Morgan fingerprint density at radius 1 is 1.24 bits per heavy atom. The zero-order chi connectivity index (χ0) is 27.1. The van der Waals surface area contributed by atoms with Gasteiger partial charge in [-0.1, -0.05) is 54.6 Å². The first-order chi connectivity index (χ1) is 17.7. The van der Waals surface area contributed by atoms with Crippen LogP contribution < -0.4 is 15.4 Å². The number of nitrogens with zero attached hydrogens (tertiary/aromatic N) is 1. The quantitative estimate of drug-likeness (QED) is 0.348. The van der Waals surface area contributed by atoms with Crippen molar-refractivity contribution in [3.05, 3.63) is 68.7 Å². The van der Waals surface area contributed by atoms with Gasteiger partial charge in [0.05, 0.1) is 41.2 Å². The van der Waals surface area contributed by atoms with Gasteiger partial charge >= 0.3 is 5.97 Å². The number of para-hydroxylation sites is 1. The van der Waals surface area contributed by atoms with Crippen molar-refractivity contribution in [1.82, 2.24) is 5.32 Å². The minimum Gasteiger partial charge on any atom is -0.492 e. The number of nitrogens with one attached hydrogen (secondary N) is 2. The summed E-state index contributed by atoms with van der Waals surface area (Å²) in [6, 6.07) is 12.8. The molecule has 0 saturated carbocycles. The summed E-state index contributed by atoms with van der Waals surface area (Å²) in [5.41, 5.74) is 3.32. The lowest BCUT2D eigenvalue weighted by molar-refractivity contribution is -0.150. The van der Waals surface area contributed by atoms with Gasteiger partial charge in [0.25, 0.3) is 0 Å². The van der Waals surface area contributed by atoms with Crippen LogP contribution in [-0.4, -0.2) is 37.3 Å². The number of hydrogen-bond acceptors (Lipinski definition) is 7. The minimum absolute atomic E-state index is 0.0576. The number of anilines is 1. The molecular weight excluding hydrogens is 514 g/mol. The Kier molecular flexibility index (Phi) is 9.61. The topological polar surface area (TPSA) is 118 Å². The second-order valence-corrected chi connectivity index (χ2v) is 9.64. The van der Waals surface area contributed by atoms with E-state index >= 15 is 0 Å². The molecule has 2 atom stereocenters. The summed E-state index contributed by atoms with van der Waals surface area (Å²) in [5.74, 6) is -3.57. The van der Waals surface area contributed by atoms with E-state index in [4.69, 9.17) is 21.1 Å². The molecule has 0 saturated heterocycles. The van der Waals surface area contributed by atoms with E-state index in [1.807, 2.05) is 39.0 Å². The van der Waals surface area contributed by atoms with Crippen LogP contribution in [0.15, 0.2) is 47.0 Å². The molecule has 1 aliphatic heterocycles.